The number of methoxy groups -OCH3 is 1. The Balaban J connectivity index is 1.34. The van der Waals surface area contributed by atoms with Crippen LogP contribution in [0.1, 0.15) is 18.4 Å². The first-order chi connectivity index (χ1) is 12.8. The summed E-state index contributed by atoms with van der Waals surface area (Å²) in [4.78, 5) is 17.5. The van der Waals surface area contributed by atoms with Gasteiger partial charge in [-0.2, -0.15) is 0 Å². The van der Waals surface area contributed by atoms with E-state index < -0.39 is 0 Å². The van der Waals surface area contributed by atoms with E-state index in [4.69, 9.17) is 14.2 Å². The number of hydrogen-bond donors (Lipinski definition) is 0. The highest BCUT2D eigenvalue weighted by molar-refractivity contribution is 5.80. The summed E-state index contributed by atoms with van der Waals surface area (Å²) in [6.45, 7) is 5.74. The molecule has 1 aromatic rings. The Morgan fingerprint density at radius 1 is 1.15 bits per heavy atom. The van der Waals surface area contributed by atoms with Crippen molar-refractivity contribution in [2.75, 3.05) is 53.1 Å². The van der Waals surface area contributed by atoms with E-state index in [2.05, 4.69) is 4.90 Å². The Morgan fingerprint density at radius 3 is 2.65 bits per heavy atom. The summed E-state index contributed by atoms with van der Waals surface area (Å²) < 4.78 is 16.7. The van der Waals surface area contributed by atoms with E-state index in [1.807, 2.05) is 23.1 Å². The fourth-order valence-corrected chi connectivity index (χ4v) is 4.33. The minimum absolute atomic E-state index is 0.0933. The molecule has 6 heteroatoms. The summed E-state index contributed by atoms with van der Waals surface area (Å²) >= 11 is 0. The number of ether oxygens (including phenoxy) is 3. The molecule has 0 radical (unpaired) electrons. The molecule has 4 rings (SSSR count). The van der Waals surface area contributed by atoms with E-state index in [0.29, 0.717) is 12.6 Å². The van der Waals surface area contributed by atoms with Crippen molar-refractivity contribution in [2.45, 2.75) is 25.3 Å². The predicted molar refractivity (Wildman–Crippen MR) is 97.7 cm³/mol. The first-order valence-electron chi connectivity index (χ1n) is 9.65. The monoisotopic (exact) mass is 360 g/mol. The average molecular weight is 360 g/mol. The zero-order chi connectivity index (χ0) is 17.9. The molecule has 2 fully saturated rings. The molecule has 3 aliphatic heterocycles. The lowest BCUT2D eigenvalue weighted by atomic mass is 9.94. The van der Waals surface area contributed by atoms with Crippen molar-refractivity contribution in [3.63, 3.8) is 0 Å². The summed E-state index contributed by atoms with van der Waals surface area (Å²) in [5.41, 5.74) is 1.06. The van der Waals surface area contributed by atoms with E-state index in [0.717, 1.165) is 75.7 Å². The summed E-state index contributed by atoms with van der Waals surface area (Å²) in [5, 5.41) is 0. The Morgan fingerprint density at radius 2 is 1.92 bits per heavy atom. The molecular weight excluding hydrogens is 332 g/mol. The first-order valence-corrected chi connectivity index (χ1v) is 9.65. The second kappa shape index (κ2) is 7.84. The van der Waals surface area contributed by atoms with E-state index in [1.165, 1.54) is 0 Å². The Labute approximate surface area is 155 Å². The predicted octanol–water partition coefficient (Wildman–Crippen LogP) is 1.57. The van der Waals surface area contributed by atoms with Gasteiger partial charge < -0.3 is 19.1 Å². The van der Waals surface area contributed by atoms with Crippen LogP contribution in [-0.4, -0.2) is 74.9 Å². The van der Waals surface area contributed by atoms with E-state index in [9.17, 15) is 4.79 Å². The normalized spacial score (nSPS) is 24.7. The molecule has 3 heterocycles. The lowest BCUT2D eigenvalue weighted by Gasteiger charge is -2.41. The number of hydrogen-bond acceptors (Lipinski definition) is 5. The van der Waals surface area contributed by atoms with Crippen molar-refractivity contribution < 1.29 is 19.0 Å². The molecule has 0 saturated carbocycles. The fraction of sp³-hybridized carbons (Fsp3) is 0.650. The highest BCUT2D eigenvalue weighted by atomic mass is 16.5. The molecule has 142 valence electrons. The molecule has 2 saturated heterocycles. The lowest BCUT2D eigenvalue weighted by Crippen LogP contribution is -2.54. The van der Waals surface area contributed by atoms with Gasteiger partial charge >= 0.3 is 0 Å². The molecule has 0 N–H and O–H groups in total. The summed E-state index contributed by atoms with van der Waals surface area (Å²) in [7, 11) is 1.65. The third kappa shape index (κ3) is 3.53. The number of nitrogens with zero attached hydrogens (tertiary/aromatic N) is 2. The van der Waals surface area contributed by atoms with Gasteiger partial charge in [-0.05, 0) is 30.9 Å². The smallest absolute Gasteiger partial charge is 0.229 e. The van der Waals surface area contributed by atoms with Gasteiger partial charge in [-0.1, -0.05) is 12.1 Å². The van der Waals surface area contributed by atoms with Gasteiger partial charge in [-0.3, -0.25) is 9.69 Å². The van der Waals surface area contributed by atoms with Crippen molar-refractivity contribution in [1.82, 2.24) is 9.80 Å². The fourth-order valence-electron chi connectivity index (χ4n) is 4.33. The van der Waals surface area contributed by atoms with Crippen LogP contribution in [0.3, 0.4) is 0 Å². The third-order valence-corrected chi connectivity index (χ3v) is 5.86. The standard InChI is InChI=1S/C20H28N2O4/c1-24-18-4-2-3-15-13-16(14-26-19(15)18)20(23)22-9-7-21(8-10-22)17-5-11-25-12-6-17/h2-4,16-17H,5-14H2,1H3/t16-/m0/s1. The molecule has 1 amide bonds. The second-order valence-electron chi connectivity index (χ2n) is 7.37. The Bertz CT molecular complexity index is 637. The van der Waals surface area contributed by atoms with Crippen LogP contribution in [0.25, 0.3) is 0 Å². The maximum Gasteiger partial charge on any atom is 0.229 e. The molecule has 0 bridgehead atoms. The molecule has 1 atom stereocenters. The summed E-state index contributed by atoms with van der Waals surface area (Å²) in [5.74, 6) is 1.68. The zero-order valence-corrected chi connectivity index (χ0v) is 15.5. The highest BCUT2D eigenvalue weighted by Gasteiger charge is 2.33. The van der Waals surface area contributed by atoms with Crippen LogP contribution >= 0.6 is 0 Å². The van der Waals surface area contributed by atoms with Crippen LogP contribution in [0.4, 0.5) is 0 Å². The van der Waals surface area contributed by atoms with Gasteiger partial charge in [0.1, 0.15) is 6.61 Å². The third-order valence-electron chi connectivity index (χ3n) is 5.86. The van der Waals surface area contributed by atoms with Crippen molar-refractivity contribution in [1.29, 1.82) is 0 Å². The maximum absolute atomic E-state index is 13.0. The van der Waals surface area contributed by atoms with Gasteiger partial charge in [0.25, 0.3) is 0 Å². The molecule has 26 heavy (non-hydrogen) atoms. The molecule has 1 aromatic carbocycles. The number of fused-ring (bicyclic) bond motifs is 1. The van der Waals surface area contributed by atoms with Crippen molar-refractivity contribution in [3.05, 3.63) is 23.8 Å². The Hall–Kier alpha value is -1.79. The van der Waals surface area contributed by atoms with E-state index >= 15 is 0 Å². The molecule has 0 spiro atoms. The number of benzene rings is 1. The largest absolute Gasteiger partial charge is 0.493 e. The van der Waals surface area contributed by atoms with Crippen LogP contribution in [0.2, 0.25) is 0 Å². The number of amides is 1. The van der Waals surface area contributed by atoms with Crippen molar-refractivity contribution >= 4 is 5.91 Å². The second-order valence-corrected chi connectivity index (χ2v) is 7.37. The van der Waals surface area contributed by atoms with Gasteiger partial charge in [0, 0.05) is 45.4 Å². The van der Waals surface area contributed by atoms with Crippen LogP contribution in [0.15, 0.2) is 18.2 Å². The molecule has 0 unspecified atom stereocenters. The van der Waals surface area contributed by atoms with Crippen molar-refractivity contribution in [3.8, 4) is 11.5 Å². The van der Waals surface area contributed by atoms with Gasteiger partial charge in [0.15, 0.2) is 11.5 Å². The van der Waals surface area contributed by atoms with E-state index in [1.54, 1.807) is 7.11 Å². The topological polar surface area (TPSA) is 51.2 Å². The van der Waals surface area contributed by atoms with Crippen LogP contribution in [0.5, 0.6) is 11.5 Å². The molecule has 6 nitrogen and oxygen atoms in total. The SMILES string of the molecule is COc1cccc2c1OC[C@@H](C(=O)N1CCN(C3CCOCC3)CC1)C2. The van der Waals surface area contributed by atoms with Crippen LogP contribution in [0, 0.1) is 5.92 Å². The zero-order valence-electron chi connectivity index (χ0n) is 15.5. The van der Waals surface area contributed by atoms with Gasteiger partial charge in [0.05, 0.1) is 13.0 Å². The minimum Gasteiger partial charge on any atom is -0.493 e. The van der Waals surface area contributed by atoms with Crippen LogP contribution < -0.4 is 9.47 Å². The first kappa shape index (κ1) is 17.6. The molecule has 0 aliphatic carbocycles. The van der Waals surface area contributed by atoms with Crippen molar-refractivity contribution in [2.24, 2.45) is 5.92 Å². The van der Waals surface area contributed by atoms with Gasteiger partial charge in [-0.25, -0.2) is 0 Å². The lowest BCUT2D eigenvalue weighted by molar-refractivity contribution is -0.139. The van der Waals surface area contributed by atoms with Gasteiger partial charge in [0.2, 0.25) is 5.91 Å². The molecule has 3 aliphatic rings. The summed E-state index contributed by atoms with van der Waals surface area (Å²) in [6.07, 6.45) is 2.96. The number of carbonyl (C=O) groups is 1. The van der Waals surface area contributed by atoms with Gasteiger partial charge in [-0.15, -0.1) is 0 Å². The quantitative estimate of drug-likeness (QED) is 0.819. The average Bonchev–Trinajstić information content (AvgIpc) is 2.73. The Kier molecular flexibility index (Phi) is 5.31. The molecular formula is C20H28N2O4. The minimum atomic E-state index is -0.0933. The highest BCUT2D eigenvalue weighted by Crippen LogP contribution is 2.36. The van der Waals surface area contributed by atoms with Crippen LogP contribution in [-0.2, 0) is 16.0 Å². The maximum atomic E-state index is 13.0. The number of rotatable bonds is 3. The summed E-state index contributed by atoms with van der Waals surface area (Å²) in [6, 6.07) is 6.51. The number of piperazine rings is 1. The number of para-hydroxylation sites is 1. The van der Waals surface area contributed by atoms with E-state index in [-0.39, 0.29) is 11.8 Å². The number of carbonyl (C=O) groups excluding carboxylic acids is 1. The molecule has 0 aromatic heterocycles.